The third-order valence-electron chi connectivity index (χ3n) is 4.10. The smallest absolute Gasteiger partial charge is 0.214 e. The van der Waals surface area contributed by atoms with Crippen LogP contribution in [0.5, 0.6) is 0 Å². The largest absolute Gasteiger partial charge is 0.317 e. The molecule has 0 aromatic rings. The molecule has 2 aliphatic rings. The van der Waals surface area contributed by atoms with Crippen LogP contribution in [0.25, 0.3) is 0 Å². The van der Waals surface area contributed by atoms with Crippen molar-refractivity contribution in [1.82, 2.24) is 9.62 Å². The summed E-state index contributed by atoms with van der Waals surface area (Å²) in [5, 5.41) is 3.29. The maximum atomic E-state index is 12.5. The molecule has 0 amide bonds. The van der Waals surface area contributed by atoms with Crippen molar-refractivity contribution in [3.8, 4) is 0 Å². The molecule has 0 bridgehead atoms. The van der Waals surface area contributed by atoms with E-state index >= 15 is 0 Å². The summed E-state index contributed by atoms with van der Waals surface area (Å²) in [5.41, 5.74) is 0. The van der Waals surface area contributed by atoms with Crippen molar-refractivity contribution in [1.29, 1.82) is 0 Å². The SMILES string of the molecule is CC1(C)CCN(S(=O)(=O)CC2CCNCC2)CCS1. The first kappa shape index (κ1) is 15.6. The zero-order valence-corrected chi connectivity index (χ0v) is 13.7. The fourth-order valence-corrected chi connectivity index (χ4v) is 5.83. The van der Waals surface area contributed by atoms with Gasteiger partial charge < -0.3 is 5.32 Å². The Balaban J connectivity index is 1.94. The molecule has 0 aromatic carbocycles. The van der Waals surface area contributed by atoms with Crippen LogP contribution >= 0.6 is 11.8 Å². The molecule has 0 spiro atoms. The van der Waals surface area contributed by atoms with Crippen molar-refractivity contribution in [2.24, 2.45) is 5.92 Å². The molecule has 2 saturated heterocycles. The van der Waals surface area contributed by atoms with Gasteiger partial charge in [-0.1, -0.05) is 13.8 Å². The van der Waals surface area contributed by atoms with Crippen LogP contribution in [-0.4, -0.2) is 55.2 Å². The van der Waals surface area contributed by atoms with E-state index in [2.05, 4.69) is 19.2 Å². The van der Waals surface area contributed by atoms with Gasteiger partial charge in [0.25, 0.3) is 0 Å². The molecule has 2 heterocycles. The average molecular weight is 306 g/mol. The molecule has 0 aromatic heterocycles. The fraction of sp³-hybridized carbons (Fsp3) is 1.00. The van der Waals surface area contributed by atoms with Crippen LogP contribution in [0.15, 0.2) is 0 Å². The maximum absolute atomic E-state index is 12.5. The highest BCUT2D eigenvalue weighted by Gasteiger charge is 2.31. The van der Waals surface area contributed by atoms with Gasteiger partial charge in [0.1, 0.15) is 0 Å². The number of piperidine rings is 1. The van der Waals surface area contributed by atoms with Gasteiger partial charge >= 0.3 is 0 Å². The Labute approximate surface area is 121 Å². The first-order valence-electron chi connectivity index (χ1n) is 7.22. The van der Waals surface area contributed by atoms with Crippen LogP contribution in [0.2, 0.25) is 0 Å². The lowest BCUT2D eigenvalue weighted by molar-refractivity contribution is 0.377. The summed E-state index contributed by atoms with van der Waals surface area (Å²) in [5.74, 6) is 1.60. The van der Waals surface area contributed by atoms with Crippen LogP contribution in [0, 0.1) is 5.92 Å². The van der Waals surface area contributed by atoms with Crippen LogP contribution < -0.4 is 5.32 Å². The highest BCUT2D eigenvalue weighted by atomic mass is 32.2. The van der Waals surface area contributed by atoms with E-state index in [-0.39, 0.29) is 4.75 Å². The van der Waals surface area contributed by atoms with Gasteiger partial charge in [-0.2, -0.15) is 11.8 Å². The topological polar surface area (TPSA) is 49.4 Å². The Hall–Kier alpha value is 0.220. The number of thioether (sulfide) groups is 1. The molecule has 2 aliphatic heterocycles. The first-order valence-corrected chi connectivity index (χ1v) is 9.81. The standard InChI is InChI=1S/C13H26N2O2S2/c1-13(2)5-8-15(9-10-18-13)19(16,17)11-12-3-6-14-7-4-12/h12,14H,3-11H2,1-2H3. The Morgan fingerprint density at radius 1 is 1.26 bits per heavy atom. The predicted molar refractivity (Wildman–Crippen MR) is 82.1 cm³/mol. The molecule has 0 aliphatic carbocycles. The molecule has 6 heteroatoms. The monoisotopic (exact) mass is 306 g/mol. The summed E-state index contributed by atoms with van der Waals surface area (Å²) >= 11 is 1.89. The minimum Gasteiger partial charge on any atom is -0.317 e. The van der Waals surface area contributed by atoms with Gasteiger partial charge in [-0.25, -0.2) is 12.7 Å². The van der Waals surface area contributed by atoms with Crippen molar-refractivity contribution in [3.05, 3.63) is 0 Å². The fourth-order valence-electron chi connectivity index (χ4n) is 2.73. The summed E-state index contributed by atoms with van der Waals surface area (Å²) in [7, 11) is -3.06. The Kier molecular flexibility index (Phi) is 5.20. The highest BCUT2D eigenvalue weighted by molar-refractivity contribution is 8.00. The van der Waals surface area contributed by atoms with Gasteiger partial charge in [-0.3, -0.25) is 0 Å². The van der Waals surface area contributed by atoms with Gasteiger partial charge in [0.2, 0.25) is 10.0 Å². The van der Waals surface area contributed by atoms with E-state index in [0.29, 0.717) is 24.8 Å². The third-order valence-corrected chi connectivity index (χ3v) is 7.51. The van der Waals surface area contributed by atoms with Gasteiger partial charge in [0.05, 0.1) is 5.75 Å². The molecular formula is C13H26N2O2S2. The van der Waals surface area contributed by atoms with E-state index < -0.39 is 10.0 Å². The van der Waals surface area contributed by atoms with E-state index in [9.17, 15) is 8.42 Å². The lowest BCUT2D eigenvalue weighted by atomic mass is 10.0. The molecule has 0 atom stereocenters. The number of nitrogens with one attached hydrogen (secondary N) is 1. The van der Waals surface area contributed by atoms with E-state index in [1.165, 1.54) is 0 Å². The molecule has 112 valence electrons. The van der Waals surface area contributed by atoms with Crippen molar-refractivity contribution >= 4 is 21.8 Å². The maximum Gasteiger partial charge on any atom is 0.214 e. The molecule has 0 saturated carbocycles. The highest BCUT2D eigenvalue weighted by Crippen LogP contribution is 2.31. The van der Waals surface area contributed by atoms with E-state index in [0.717, 1.165) is 38.1 Å². The molecule has 1 N–H and O–H groups in total. The molecule has 0 radical (unpaired) electrons. The number of hydrogen-bond donors (Lipinski definition) is 1. The molecule has 2 fully saturated rings. The van der Waals surface area contributed by atoms with E-state index in [1.807, 2.05) is 11.8 Å². The van der Waals surface area contributed by atoms with Gasteiger partial charge in [0, 0.05) is 23.6 Å². The van der Waals surface area contributed by atoms with Crippen molar-refractivity contribution in [3.63, 3.8) is 0 Å². The Morgan fingerprint density at radius 2 is 1.95 bits per heavy atom. The molecule has 0 unspecified atom stereocenters. The van der Waals surface area contributed by atoms with Crippen LogP contribution in [0.1, 0.15) is 33.1 Å². The van der Waals surface area contributed by atoms with Crippen LogP contribution in [0.4, 0.5) is 0 Å². The normalized spacial score (nSPS) is 27.1. The second-order valence-electron chi connectivity index (χ2n) is 6.23. The zero-order valence-electron chi connectivity index (χ0n) is 12.0. The Bertz CT molecular complexity index is 389. The first-order chi connectivity index (χ1) is 8.89. The zero-order chi connectivity index (χ0) is 13.9. The number of sulfonamides is 1. The lowest BCUT2D eigenvalue weighted by Crippen LogP contribution is -2.39. The van der Waals surface area contributed by atoms with Gasteiger partial charge in [0.15, 0.2) is 0 Å². The number of rotatable bonds is 3. The summed E-state index contributed by atoms with van der Waals surface area (Å²) in [6, 6.07) is 0. The summed E-state index contributed by atoms with van der Waals surface area (Å²) in [4.78, 5) is 0. The molecular weight excluding hydrogens is 280 g/mol. The van der Waals surface area contributed by atoms with Crippen molar-refractivity contribution in [2.75, 3.05) is 37.7 Å². The quantitative estimate of drug-likeness (QED) is 0.859. The second-order valence-corrected chi connectivity index (χ2v) is 10.0. The van der Waals surface area contributed by atoms with Crippen molar-refractivity contribution in [2.45, 2.75) is 37.9 Å². The number of hydrogen-bond acceptors (Lipinski definition) is 4. The molecule has 2 rings (SSSR count). The van der Waals surface area contributed by atoms with Crippen LogP contribution in [-0.2, 0) is 10.0 Å². The Morgan fingerprint density at radius 3 is 2.63 bits per heavy atom. The minimum atomic E-state index is -3.06. The summed E-state index contributed by atoms with van der Waals surface area (Å²) in [6.07, 6.45) is 2.93. The lowest BCUT2D eigenvalue weighted by Gasteiger charge is -2.27. The second kappa shape index (κ2) is 6.33. The molecule has 4 nitrogen and oxygen atoms in total. The number of nitrogens with zero attached hydrogens (tertiary/aromatic N) is 1. The van der Waals surface area contributed by atoms with E-state index in [4.69, 9.17) is 0 Å². The molecule has 19 heavy (non-hydrogen) atoms. The predicted octanol–water partition coefficient (Wildman–Crippen LogP) is 1.53. The minimum absolute atomic E-state index is 0.207. The average Bonchev–Trinajstić information content (AvgIpc) is 2.51. The van der Waals surface area contributed by atoms with Gasteiger partial charge in [-0.05, 0) is 38.3 Å². The summed E-state index contributed by atoms with van der Waals surface area (Å²) < 4.78 is 27.0. The summed E-state index contributed by atoms with van der Waals surface area (Å²) in [6.45, 7) is 7.71. The van der Waals surface area contributed by atoms with Gasteiger partial charge in [-0.15, -0.1) is 0 Å². The third kappa shape index (κ3) is 4.62. The van der Waals surface area contributed by atoms with E-state index in [1.54, 1.807) is 4.31 Å². The van der Waals surface area contributed by atoms with Crippen LogP contribution in [0.3, 0.4) is 0 Å². The van der Waals surface area contributed by atoms with Crippen molar-refractivity contribution < 1.29 is 8.42 Å².